The van der Waals surface area contributed by atoms with E-state index in [1.54, 1.807) is 18.2 Å². The summed E-state index contributed by atoms with van der Waals surface area (Å²) in [5.74, 6) is 1.86. The molecule has 1 aromatic heterocycles. The summed E-state index contributed by atoms with van der Waals surface area (Å²) in [6.07, 6.45) is 1.54. The van der Waals surface area contributed by atoms with Gasteiger partial charge in [-0.25, -0.2) is 0 Å². The number of ether oxygens (including phenoxy) is 1. The van der Waals surface area contributed by atoms with E-state index in [9.17, 15) is 4.79 Å². The Bertz CT molecular complexity index is 685. The summed E-state index contributed by atoms with van der Waals surface area (Å²) >= 11 is 6.10. The molecule has 1 amide bonds. The molecule has 0 aliphatic carbocycles. The fraction of sp³-hybridized carbons (Fsp3) is 0.471. The third-order valence-corrected chi connectivity index (χ3v) is 3.62. The summed E-state index contributed by atoms with van der Waals surface area (Å²) in [4.78, 5) is 16.4. The Balaban J connectivity index is 1.86. The predicted octanol–water partition coefficient (Wildman–Crippen LogP) is 4.21. The number of nitrogens with zero attached hydrogens (tertiary/aromatic N) is 2. The number of nitrogens with one attached hydrogen (secondary N) is 1. The Morgan fingerprint density at radius 1 is 1.42 bits per heavy atom. The summed E-state index contributed by atoms with van der Waals surface area (Å²) < 4.78 is 10.7. The molecule has 0 aliphatic rings. The van der Waals surface area contributed by atoms with E-state index < -0.39 is 0 Å². The minimum absolute atomic E-state index is 0.109. The maximum atomic E-state index is 12.1. The van der Waals surface area contributed by atoms with Crippen molar-refractivity contribution in [2.45, 2.75) is 46.0 Å². The second-order valence-electron chi connectivity index (χ2n) is 5.65. The lowest BCUT2D eigenvalue weighted by atomic mass is 10.2. The topological polar surface area (TPSA) is 77.2 Å². The highest BCUT2D eigenvalue weighted by molar-refractivity contribution is 6.32. The molecule has 1 heterocycles. The largest absolute Gasteiger partial charge is 0.490 e. The number of hydrogen-bond donors (Lipinski definition) is 1. The van der Waals surface area contributed by atoms with Crippen LogP contribution in [0.2, 0.25) is 5.02 Å². The van der Waals surface area contributed by atoms with Crippen LogP contribution in [-0.4, -0.2) is 22.7 Å². The Kier molecular flexibility index (Phi) is 6.61. The molecule has 0 unspecified atom stereocenters. The first-order valence-electron chi connectivity index (χ1n) is 8.05. The van der Waals surface area contributed by atoms with E-state index in [0.717, 1.165) is 0 Å². The number of aryl methyl sites for hydroxylation is 1. The first-order valence-corrected chi connectivity index (χ1v) is 8.42. The van der Waals surface area contributed by atoms with Crippen LogP contribution >= 0.6 is 11.6 Å². The zero-order valence-corrected chi connectivity index (χ0v) is 14.9. The highest BCUT2D eigenvalue weighted by atomic mass is 35.5. The number of carbonyl (C=O) groups excluding carboxylic acids is 1. The average Bonchev–Trinajstić information content (AvgIpc) is 3.00. The van der Waals surface area contributed by atoms with E-state index in [1.165, 1.54) is 0 Å². The van der Waals surface area contributed by atoms with Gasteiger partial charge >= 0.3 is 0 Å². The Morgan fingerprint density at radius 3 is 2.88 bits per heavy atom. The lowest BCUT2D eigenvalue weighted by Crippen LogP contribution is -2.13. The number of amides is 1. The smallest absolute Gasteiger partial charge is 0.226 e. The fourth-order valence-corrected chi connectivity index (χ4v) is 2.34. The molecule has 2 rings (SSSR count). The average molecular weight is 352 g/mol. The van der Waals surface area contributed by atoms with E-state index in [4.69, 9.17) is 20.9 Å². The molecule has 6 nitrogen and oxygen atoms in total. The molecule has 0 bridgehead atoms. The SMILES string of the molecule is CCOc1c(Cl)cccc1NC(=O)CCCc1nc(C(C)C)no1. The van der Waals surface area contributed by atoms with Crippen molar-refractivity contribution in [3.05, 3.63) is 34.9 Å². The molecule has 0 radical (unpaired) electrons. The number of hydrogen-bond acceptors (Lipinski definition) is 5. The number of para-hydroxylation sites is 1. The van der Waals surface area contributed by atoms with Crippen molar-refractivity contribution < 1.29 is 14.1 Å². The van der Waals surface area contributed by atoms with Crippen LogP contribution in [0, 0.1) is 0 Å². The lowest BCUT2D eigenvalue weighted by molar-refractivity contribution is -0.116. The monoisotopic (exact) mass is 351 g/mol. The van der Waals surface area contributed by atoms with Gasteiger partial charge in [0.05, 0.1) is 17.3 Å². The lowest BCUT2D eigenvalue weighted by Gasteiger charge is -2.12. The van der Waals surface area contributed by atoms with Gasteiger partial charge in [-0.05, 0) is 25.5 Å². The van der Waals surface area contributed by atoms with E-state index in [2.05, 4.69) is 15.5 Å². The molecule has 0 aliphatic heterocycles. The molecule has 0 spiro atoms. The standard InChI is InChI=1S/C17H22ClN3O3/c1-4-23-16-12(18)7-5-8-13(16)19-14(22)9-6-10-15-20-17(11(2)3)21-24-15/h5,7-8,11H,4,6,9-10H2,1-3H3,(H,19,22). The number of aromatic nitrogens is 2. The molecular weight excluding hydrogens is 330 g/mol. The van der Waals surface area contributed by atoms with E-state index in [0.29, 0.717) is 54.0 Å². The zero-order valence-electron chi connectivity index (χ0n) is 14.1. The third-order valence-electron chi connectivity index (χ3n) is 3.32. The van der Waals surface area contributed by atoms with Gasteiger partial charge in [0.2, 0.25) is 11.8 Å². The maximum absolute atomic E-state index is 12.1. The minimum Gasteiger partial charge on any atom is -0.490 e. The molecule has 0 saturated carbocycles. The summed E-state index contributed by atoms with van der Waals surface area (Å²) in [7, 11) is 0. The molecule has 0 fully saturated rings. The normalized spacial score (nSPS) is 10.9. The Hall–Kier alpha value is -2.08. The van der Waals surface area contributed by atoms with Crippen LogP contribution in [0.4, 0.5) is 5.69 Å². The number of anilines is 1. The Morgan fingerprint density at radius 2 is 2.21 bits per heavy atom. The number of carbonyl (C=O) groups is 1. The van der Waals surface area contributed by atoms with Gasteiger partial charge in [-0.1, -0.05) is 36.7 Å². The molecular formula is C17H22ClN3O3. The first-order chi connectivity index (χ1) is 11.5. The van der Waals surface area contributed by atoms with Crippen LogP contribution in [0.3, 0.4) is 0 Å². The number of halogens is 1. The van der Waals surface area contributed by atoms with Crippen molar-refractivity contribution in [1.29, 1.82) is 0 Å². The predicted molar refractivity (Wildman–Crippen MR) is 92.6 cm³/mol. The highest BCUT2D eigenvalue weighted by Gasteiger charge is 2.13. The van der Waals surface area contributed by atoms with Crippen molar-refractivity contribution >= 4 is 23.2 Å². The van der Waals surface area contributed by atoms with Crippen molar-refractivity contribution in [3.63, 3.8) is 0 Å². The van der Waals surface area contributed by atoms with Crippen molar-refractivity contribution in [1.82, 2.24) is 10.1 Å². The van der Waals surface area contributed by atoms with Crippen LogP contribution in [-0.2, 0) is 11.2 Å². The van der Waals surface area contributed by atoms with E-state index in [-0.39, 0.29) is 11.8 Å². The maximum Gasteiger partial charge on any atom is 0.226 e. The van der Waals surface area contributed by atoms with Gasteiger partial charge in [0.25, 0.3) is 0 Å². The quantitative estimate of drug-likeness (QED) is 0.770. The fourth-order valence-electron chi connectivity index (χ4n) is 2.12. The second kappa shape index (κ2) is 8.68. The molecule has 130 valence electrons. The van der Waals surface area contributed by atoms with Crippen molar-refractivity contribution in [3.8, 4) is 5.75 Å². The van der Waals surface area contributed by atoms with Crippen LogP contribution in [0.25, 0.3) is 0 Å². The van der Waals surface area contributed by atoms with Crippen molar-refractivity contribution in [2.24, 2.45) is 0 Å². The van der Waals surface area contributed by atoms with Crippen LogP contribution in [0.5, 0.6) is 5.75 Å². The minimum atomic E-state index is -0.109. The zero-order chi connectivity index (χ0) is 17.5. The van der Waals surface area contributed by atoms with Gasteiger partial charge in [-0.2, -0.15) is 4.98 Å². The summed E-state index contributed by atoms with van der Waals surface area (Å²) in [6, 6.07) is 5.26. The molecule has 2 aromatic rings. The second-order valence-corrected chi connectivity index (χ2v) is 6.06. The molecule has 7 heteroatoms. The highest BCUT2D eigenvalue weighted by Crippen LogP contribution is 2.33. The molecule has 0 atom stereocenters. The van der Waals surface area contributed by atoms with Crippen molar-refractivity contribution in [2.75, 3.05) is 11.9 Å². The summed E-state index contributed by atoms with van der Waals surface area (Å²) in [5, 5.41) is 7.21. The van der Waals surface area contributed by atoms with E-state index >= 15 is 0 Å². The number of benzene rings is 1. The molecule has 1 aromatic carbocycles. The van der Waals surface area contributed by atoms with Gasteiger partial charge in [0.15, 0.2) is 11.6 Å². The molecule has 24 heavy (non-hydrogen) atoms. The van der Waals surface area contributed by atoms with Gasteiger partial charge < -0.3 is 14.6 Å². The summed E-state index contributed by atoms with van der Waals surface area (Å²) in [6.45, 7) is 6.35. The molecule has 0 saturated heterocycles. The summed E-state index contributed by atoms with van der Waals surface area (Å²) in [5.41, 5.74) is 0.578. The first kappa shape index (κ1) is 18.3. The third kappa shape index (κ3) is 4.96. The Labute approximate surface area is 146 Å². The van der Waals surface area contributed by atoms with Gasteiger partial charge in [-0.3, -0.25) is 4.79 Å². The van der Waals surface area contributed by atoms with Crippen LogP contribution < -0.4 is 10.1 Å². The van der Waals surface area contributed by atoms with Gasteiger partial charge in [0, 0.05) is 18.8 Å². The van der Waals surface area contributed by atoms with Gasteiger partial charge in [-0.15, -0.1) is 0 Å². The van der Waals surface area contributed by atoms with Gasteiger partial charge in [0.1, 0.15) is 0 Å². The van der Waals surface area contributed by atoms with E-state index in [1.807, 2.05) is 20.8 Å². The molecule has 1 N–H and O–H groups in total. The van der Waals surface area contributed by atoms with Crippen LogP contribution in [0.1, 0.15) is 51.2 Å². The van der Waals surface area contributed by atoms with Crippen LogP contribution in [0.15, 0.2) is 22.7 Å². The number of rotatable bonds is 8.